The van der Waals surface area contributed by atoms with Crippen molar-refractivity contribution in [2.45, 2.75) is 20.8 Å². The summed E-state index contributed by atoms with van der Waals surface area (Å²) < 4.78 is 7.36. The minimum absolute atomic E-state index is 0.131. The molecule has 146 valence electrons. The van der Waals surface area contributed by atoms with Crippen LogP contribution in [0.2, 0.25) is 5.02 Å². The highest BCUT2D eigenvalue weighted by atomic mass is 35.5. The number of carbonyl (C=O) groups is 1. The summed E-state index contributed by atoms with van der Waals surface area (Å²) in [6, 6.07) is 13.4. The van der Waals surface area contributed by atoms with Gasteiger partial charge in [-0.25, -0.2) is 9.67 Å². The summed E-state index contributed by atoms with van der Waals surface area (Å²) in [4.78, 5) is 18.5. The summed E-state index contributed by atoms with van der Waals surface area (Å²) in [6.07, 6.45) is 0. The Morgan fingerprint density at radius 2 is 1.82 bits per heavy atom. The van der Waals surface area contributed by atoms with Gasteiger partial charge in [0.25, 0.3) is 5.91 Å². The van der Waals surface area contributed by atoms with Gasteiger partial charge in [0.1, 0.15) is 18.2 Å². The van der Waals surface area contributed by atoms with Crippen molar-refractivity contribution in [2.75, 3.05) is 20.2 Å². The predicted molar refractivity (Wildman–Crippen MR) is 109 cm³/mol. The molecule has 0 atom stereocenters. The van der Waals surface area contributed by atoms with Gasteiger partial charge in [-0.3, -0.25) is 4.79 Å². The van der Waals surface area contributed by atoms with Crippen LogP contribution in [0.25, 0.3) is 5.69 Å². The van der Waals surface area contributed by atoms with Gasteiger partial charge >= 0.3 is 0 Å². The van der Waals surface area contributed by atoms with Crippen LogP contribution in [0.4, 0.5) is 0 Å². The molecule has 6 nitrogen and oxygen atoms in total. The van der Waals surface area contributed by atoms with Crippen LogP contribution in [0.3, 0.4) is 0 Å². The normalized spacial score (nSPS) is 10.8. The molecule has 0 N–H and O–H groups in total. The first-order valence-electron chi connectivity index (χ1n) is 9.00. The van der Waals surface area contributed by atoms with Crippen LogP contribution in [0.15, 0.2) is 42.5 Å². The number of carbonyl (C=O) groups excluding carboxylic acids is 1. The fourth-order valence-electron chi connectivity index (χ4n) is 2.92. The maximum Gasteiger partial charge on any atom is 0.293 e. The highest BCUT2D eigenvalue weighted by molar-refractivity contribution is 6.32. The van der Waals surface area contributed by atoms with Gasteiger partial charge in [0, 0.05) is 7.05 Å². The average molecular weight is 399 g/mol. The summed E-state index contributed by atoms with van der Waals surface area (Å²) in [6.45, 7) is 6.65. The molecule has 0 aliphatic heterocycles. The molecule has 0 bridgehead atoms. The van der Waals surface area contributed by atoms with E-state index < -0.39 is 0 Å². The first-order chi connectivity index (χ1) is 13.3. The topological polar surface area (TPSA) is 60.2 Å². The van der Waals surface area contributed by atoms with Crippen molar-refractivity contribution in [1.29, 1.82) is 0 Å². The number of para-hydroxylation sites is 1. The van der Waals surface area contributed by atoms with Crippen LogP contribution in [0.1, 0.15) is 27.6 Å². The van der Waals surface area contributed by atoms with Crippen molar-refractivity contribution in [3.05, 3.63) is 70.3 Å². The Kier molecular flexibility index (Phi) is 5.99. The van der Waals surface area contributed by atoms with Gasteiger partial charge in [-0.2, -0.15) is 0 Å². The molecule has 2 aromatic carbocycles. The summed E-state index contributed by atoms with van der Waals surface area (Å²) in [7, 11) is 1.71. The summed E-state index contributed by atoms with van der Waals surface area (Å²) >= 11 is 6.23. The minimum Gasteiger partial charge on any atom is -0.492 e. The molecule has 0 saturated carbocycles. The zero-order chi connectivity index (χ0) is 20.3. The van der Waals surface area contributed by atoms with Crippen LogP contribution in [0, 0.1) is 20.8 Å². The number of rotatable bonds is 6. The third-order valence-corrected chi connectivity index (χ3v) is 4.60. The first kappa shape index (κ1) is 19.9. The lowest BCUT2D eigenvalue weighted by Gasteiger charge is -2.16. The Balaban J connectivity index is 1.65. The Bertz CT molecular complexity index is 980. The number of hydrogen-bond acceptors (Lipinski definition) is 4. The highest BCUT2D eigenvalue weighted by Gasteiger charge is 2.19. The first-order valence-corrected chi connectivity index (χ1v) is 9.38. The summed E-state index contributed by atoms with van der Waals surface area (Å²) in [5.74, 6) is 1.26. The quantitative estimate of drug-likeness (QED) is 0.629. The zero-order valence-corrected chi connectivity index (χ0v) is 17.2. The Morgan fingerprint density at radius 3 is 2.50 bits per heavy atom. The minimum atomic E-state index is -0.266. The van der Waals surface area contributed by atoms with E-state index in [1.54, 1.807) is 29.6 Å². The molecule has 7 heteroatoms. The van der Waals surface area contributed by atoms with Gasteiger partial charge in [0.15, 0.2) is 0 Å². The molecular formula is C21H23ClN4O2. The molecule has 0 radical (unpaired) electrons. The number of halogens is 1. The standard InChI is InChI=1S/C21H23ClN4O2/c1-14-11-15(2)13-17(12-14)28-10-9-25(4)21(27)20-23-16(3)26(24-20)19-8-6-5-7-18(19)22/h5-8,11-13H,9-10H2,1-4H3. The lowest BCUT2D eigenvalue weighted by atomic mass is 10.1. The number of benzene rings is 2. The number of aryl methyl sites for hydroxylation is 3. The number of ether oxygens (including phenoxy) is 1. The van der Waals surface area contributed by atoms with E-state index >= 15 is 0 Å². The number of nitrogens with zero attached hydrogens (tertiary/aromatic N) is 4. The lowest BCUT2D eigenvalue weighted by molar-refractivity contribution is 0.0761. The van der Waals surface area contributed by atoms with Gasteiger partial charge < -0.3 is 9.64 Å². The number of likely N-dealkylation sites (N-methyl/N-ethyl adjacent to an activating group) is 1. The van der Waals surface area contributed by atoms with E-state index in [1.165, 1.54) is 0 Å². The van der Waals surface area contributed by atoms with E-state index in [0.29, 0.717) is 29.7 Å². The van der Waals surface area contributed by atoms with Crippen LogP contribution in [-0.4, -0.2) is 45.8 Å². The Labute approximate surface area is 169 Å². The van der Waals surface area contributed by atoms with Crippen molar-refractivity contribution >= 4 is 17.5 Å². The van der Waals surface area contributed by atoms with E-state index in [4.69, 9.17) is 16.3 Å². The number of aromatic nitrogens is 3. The average Bonchev–Trinajstić information content (AvgIpc) is 3.02. The van der Waals surface area contributed by atoms with Crippen LogP contribution < -0.4 is 4.74 Å². The second-order valence-electron chi connectivity index (χ2n) is 6.74. The van der Waals surface area contributed by atoms with Gasteiger partial charge in [-0.15, -0.1) is 5.10 Å². The molecule has 1 aromatic heterocycles. The molecule has 0 fully saturated rings. The van der Waals surface area contributed by atoms with E-state index in [2.05, 4.69) is 16.1 Å². The predicted octanol–water partition coefficient (Wildman–Crippen LogP) is 4.00. The summed E-state index contributed by atoms with van der Waals surface area (Å²) in [5.41, 5.74) is 2.97. The second kappa shape index (κ2) is 8.44. The van der Waals surface area contributed by atoms with Crippen LogP contribution in [0.5, 0.6) is 5.75 Å². The van der Waals surface area contributed by atoms with Crippen molar-refractivity contribution in [3.8, 4) is 11.4 Å². The molecule has 1 heterocycles. The SMILES string of the molecule is Cc1cc(C)cc(OCCN(C)C(=O)c2nc(C)n(-c3ccccc3Cl)n2)c1. The number of hydrogen-bond donors (Lipinski definition) is 0. The van der Waals surface area contributed by atoms with Crippen molar-refractivity contribution in [1.82, 2.24) is 19.7 Å². The van der Waals surface area contributed by atoms with Crippen LogP contribution in [-0.2, 0) is 0 Å². The Morgan fingerprint density at radius 1 is 1.14 bits per heavy atom. The third kappa shape index (κ3) is 4.51. The monoisotopic (exact) mass is 398 g/mol. The molecule has 0 aliphatic carbocycles. The number of amides is 1. The Hall–Kier alpha value is -2.86. The van der Waals surface area contributed by atoms with Crippen molar-refractivity contribution < 1.29 is 9.53 Å². The summed E-state index contributed by atoms with van der Waals surface area (Å²) in [5, 5.41) is 4.89. The van der Waals surface area contributed by atoms with E-state index in [-0.39, 0.29) is 11.7 Å². The molecule has 0 unspecified atom stereocenters. The molecule has 0 spiro atoms. The maximum atomic E-state index is 12.7. The van der Waals surface area contributed by atoms with E-state index in [0.717, 1.165) is 16.9 Å². The highest BCUT2D eigenvalue weighted by Crippen LogP contribution is 2.20. The molecule has 0 saturated heterocycles. The molecule has 3 aromatic rings. The van der Waals surface area contributed by atoms with E-state index in [9.17, 15) is 4.79 Å². The fourth-order valence-corrected chi connectivity index (χ4v) is 3.14. The van der Waals surface area contributed by atoms with Crippen molar-refractivity contribution in [3.63, 3.8) is 0 Å². The third-order valence-electron chi connectivity index (χ3n) is 4.28. The molecule has 0 aliphatic rings. The lowest BCUT2D eigenvalue weighted by Crippen LogP contribution is -2.31. The molecule has 3 rings (SSSR count). The second-order valence-corrected chi connectivity index (χ2v) is 7.15. The molecule has 1 amide bonds. The van der Waals surface area contributed by atoms with Gasteiger partial charge in [-0.05, 0) is 56.2 Å². The largest absolute Gasteiger partial charge is 0.492 e. The molecular weight excluding hydrogens is 376 g/mol. The zero-order valence-electron chi connectivity index (χ0n) is 16.4. The maximum absolute atomic E-state index is 12.7. The van der Waals surface area contributed by atoms with Gasteiger partial charge in [-0.1, -0.05) is 29.8 Å². The fraction of sp³-hybridized carbons (Fsp3) is 0.286. The smallest absolute Gasteiger partial charge is 0.293 e. The van der Waals surface area contributed by atoms with Crippen LogP contribution >= 0.6 is 11.6 Å². The van der Waals surface area contributed by atoms with Gasteiger partial charge in [0.2, 0.25) is 5.82 Å². The van der Waals surface area contributed by atoms with Crippen molar-refractivity contribution in [2.24, 2.45) is 0 Å². The van der Waals surface area contributed by atoms with E-state index in [1.807, 2.05) is 44.2 Å². The molecule has 28 heavy (non-hydrogen) atoms. The van der Waals surface area contributed by atoms with Gasteiger partial charge in [0.05, 0.1) is 17.3 Å².